The van der Waals surface area contributed by atoms with E-state index in [1.54, 1.807) is 11.3 Å². The lowest BCUT2D eigenvalue weighted by atomic mass is 9.85. The number of rotatable bonds is 3. The van der Waals surface area contributed by atoms with Gasteiger partial charge in [0.05, 0.1) is 21.8 Å². The Labute approximate surface area is 117 Å². The van der Waals surface area contributed by atoms with Crippen molar-refractivity contribution >= 4 is 21.6 Å². The smallest absolute Gasteiger partial charge is 0.120 e. The van der Waals surface area contributed by atoms with Crippen LogP contribution in [0.1, 0.15) is 43.5 Å². The normalized spacial score (nSPS) is 23.7. The van der Waals surface area contributed by atoms with Gasteiger partial charge in [-0.15, -0.1) is 11.3 Å². The first-order chi connectivity index (χ1) is 9.28. The standard InChI is InChI=1S/C15H20N2OS/c1-2-18-10-7-8-13-14(9-10)19-15(17-13)11-5-3-4-6-12(11)16/h7-9,11-12H,2-6,16H2,1H3. The van der Waals surface area contributed by atoms with Gasteiger partial charge in [0, 0.05) is 12.0 Å². The summed E-state index contributed by atoms with van der Waals surface area (Å²) < 4.78 is 6.75. The van der Waals surface area contributed by atoms with Gasteiger partial charge in [-0.25, -0.2) is 4.98 Å². The van der Waals surface area contributed by atoms with Crippen LogP contribution in [0.3, 0.4) is 0 Å². The number of benzene rings is 1. The molecule has 2 unspecified atom stereocenters. The van der Waals surface area contributed by atoms with Crippen molar-refractivity contribution < 1.29 is 4.74 Å². The summed E-state index contributed by atoms with van der Waals surface area (Å²) in [6, 6.07) is 6.42. The average Bonchev–Trinajstić information content (AvgIpc) is 2.82. The highest BCUT2D eigenvalue weighted by Crippen LogP contribution is 2.37. The molecule has 0 saturated heterocycles. The molecule has 2 aromatic rings. The van der Waals surface area contributed by atoms with E-state index in [0.29, 0.717) is 12.5 Å². The fourth-order valence-electron chi connectivity index (χ4n) is 2.80. The second kappa shape index (κ2) is 5.47. The predicted octanol–water partition coefficient (Wildman–Crippen LogP) is 3.68. The van der Waals surface area contributed by atoms with E-state index >= 15 is 0 Å². The monoisotopic (exact) mass is 276 g/mol. The second-order valence-corrected chi connectivity index (χ2v) is 6.23. The molecule has 1 aromatic heterocycles. The summed E-state index contributed by atoms with van der Waals surface area (Å²) in [5.74, 6) is 1.37. The number of fused-ring (bicyclic) bond motifs is 1. The van der Waals surface area contributed by atoms with Crippen LogP contribution in [0.25, 0.3) is 10.2 Å². The third kappa shape index (κ3) is 2.60. The van der Waals surface area contributed by atoms with Crippen LogP contribution in [0, 0.1) is 0 Å². The summed E-state index contributed by atoms with van der Waals surface area (Å²) in [5, 5.41) is 1.20. The zero-order chi connectivity index (χ0) is 13.2. The summed E-state index contributed by atoms with van der Waals surface area (Å²) in [5.41, 5.74) is 7.32. The van der Waals surface area contributed by atoms with Gasteiger partial charge in [0.1, 0.15) is 5.75 Å². The molecule has 3 rings (SSSR count). The maximum atomic E-state index is 6.25. The Morgan fingerprint density at radius 3 is 3.00 bits per heavy atom. The summed E-state index contributed by atoms with van der Waals surface area (Å²) in [6.07, 6.45) is 4.85. The highest BCUT2D eigenvalue weighted by molar-refractivity contribution is 7.18. The van der Waals surface area contributed by atoms with Crippen LogP contribution in [-0.2, 0) is 0 Å². The van der Waals surface area contributed by atoms with Crippen LogP contribution in [0.15, 0.2) is 18.2 Å². The first-order valence-corrected chi connectivity index (χ1v) is 7.88. The van der Waals surface area contributed by atoms with Gasteiger partial charge in [0.2, 0.25) is 0 Å². The number of hydrogen-bond acceptors (Lipinski definition) is 4. The Morgan fingerprint density at radius 1 is 1.37 bits per heavy atom. The molecule has 1 fully saturated rings. The maximum Gasteiger partial charge on any atom is 0.120 e. The molecular weight excluding hydrogens is 256 g/mol. The third-order valence-electron chi connectivity index (χ3n) is 3.82. The Balaban J connectivity index is 1.92. The molecule has 2 atom stereocenters. The molecule has 1 aromatic carbocycles. The highest BCUT2D eigenvalue weighted by Gasteiger charge is 2.26. The van der Waals surface area contributed by atoms with Gasteiger partial charge < -0.3 is 10.5 Å². The Bertz CT molecular complexity index is 566. The summed E-state index contributed by atoms with van der Waals surface area (Å²) in [6.45, 7) is 2.70. The van der Waals surface area contributed by atoms with Gasteiger partial charge in [-0.3, -0.25) is 0 Å². The van der Waals surface area contributed by atoms with Crippen molar-refractivity contribution in [3.8, 4) is 5.75 Å². The van der Waals surface area contributed by atoms with Crippen LogP contribution < -0.4 is 10.5 Å². The number of nitrogens with zero attached hydrogens (tertiary/aromatic N) is 1. The largest absolute Gasteiger partial charge is 0.494 e. The van der Waals surface area contributed by atoms with Gasteiger partial charge in [0.15, 0.2) is 0 Å². The minimum absolute atomic E-state index is 0.278. The van der Waals surface area contributed by atoms with E-state index in [2.05, 4.69) is 12.1 Å². The highest BCUT2D eigenvalue weighted by atomic mass is 32.1. The maximum absolute atomic E-state index is 6.25. The molecule has 1 aliphatic carbocycles. The minimum Gasteiger partial charge on any atom is -0.494 e. The van der Waals surface area contributed by atoms with Crippen LogP contribution >= 0.6 is 11.3 Å². The molecule has 0 radical (unpaired) electrons. The van der Waals surface area contributed by atoms with E-state index < -0.39 is 0 Å². The molecule has 0 bridgehead atoms. The number of nitrogens with two attached hydrogens (primary N) is 1. The number of thiazole rings is 1. The number of aromatic nitrogens is 1. The Kier molecular flexibility index (Phi) is 3.71. The van der Waals surface area contributed by atoms with Crippen molar-refractivity contribution in [3.05, 3.63) is 23.2 Å². The van der Waals surface area contributed by atoms with E-state index in [9.17, 15) is 0 Å². The van der Waals surface area contributed by atoms with E-state index in [4.69, 9.17) is 15.5 Å². The molecule has 2 N–H and O–H groups in total. The minimum atomic E-state index is 0.278. The molecule has 1 saturated carbocycles. The van der Waals surface area contributed by atoms with Crippen molar-refractivity contribution in [2.24, 2.45) is 5.73 Å². The van der Waals surface area contributed by atoms with E-state index in [1.807, 2.05) is 13.0 Å². The second-order valence-electron chi connectivity index (χ2n) is 5.17. The Hall–Kier alpha value is -1.13. The van der Waals surface area contributed by atoms with Gasteiger partial charge in [0.25, 0.3) is 0 Å². The lowest BCUT2D eigenvalue weighted by molar-refractivity contribution is 0.341. The van der Waals surface area contributed by atoms with Crippen molar-refractivity contribution in [2.75, 3.05) is 6.61 Å². The molecule has 19 heavy (non-hydrogen) atoms. The van der Waals surface area contributed by atoms with Crippen molar-refractivity contribution in [1.82, 2.24) is 4.98 Å². The zero-order valence-electron chi connectivity index (χ0n) is 11.3. The van der Waals surface area contributed by atoms with Crippen LogP contribution in [0.2, 0.25) is 0 Å². The molecular formula is C15H20N2OS. The van der Waals surface area contributed by atoms with Crippen molar-refractivity contribution in [1.29, 1.82) is 0 Å². The molecule has 0 amide bonds. The van der Waals surface area contributed by atoms with Crippen molar-refractivity contribution in [3.63, 3.8) is 0 Å². The number of hydrogen-bond donors (Lipinski definition) is 1. The SMILES string of the molecule is CCOc1ccc2nc(C3CCCCC3N)sc2c1. The van der Waals surface area contributed by atoms with Crippen LogP contribution in [0.5, 0.6) is 5.75 Å². The number of ether oxygens (including phenoxy) is 1. The lowest BCUT2D eigenvalue weighted by Gasteiger charge is -2.26. The third-order valence-corrected chi connectivity index (χ3v) is 4.97. The first-order valence-electron chi connectivity index (χ1n) is 7.07. The molecule has 102 valence electrons. The van der Waals surface area contributed by atoms with E-state index in [0.717, 1.165) is 17.7 Å². The van der Waals surface area contributed by atoms with Gasteiger partial charge in [-0.2, -0.15) is 0 Å². The topological polar surface area (TPSA) is 48.1 Å². The van der Waals surface area contributed by atoms with E-state index in [-0.39, 0.29) is 6.04 Å². The molecule has 4 heteroatoms. The van der Waals surface area contributed by atoms with Gasteiger partial charge >= 0.3 is 0 Å². The molecule has 1 heterocycles. The van der Waals surface area contributed by atoms with Crippen LogP contribution in [0.4, 0.5) is 0 Å². The quantitative estimate of drug-likeness (QED) is 0.930. The van der Waals surface area contributed by atoms with Crippen LogP contribution in [-0.4, -0.2) is 17.6 Å². The fourth-order valence-corrected chi connectivity index (χ4v) is 4.01. The lowest BCUT2D eigenvalue weighted by Crippen LogP contribution is -2.31. The fraction of sp³-hybridized carbons (Fsp3) is 0.533. The Morgan fingerprint density at radius 2 is 2.21 bits per heavy atom. The molecule has 0 aliphatic heterocycles. The zero-order valence-corrected chi connectivity index (χ0v) is 12.1. The first kappa shape index (κ1) is 12.9. The molecule has 1 aliphatic rings. The van der Waals surface area contributed by atoms with E-state index in [1.165, 1.54) is 29.0 Å². The summed E-state index contributed by atoms with van der Waals surface area (Å²) >= 11 is 1.78. The van der Waals surface area contributed by atoms with Gasteiger partial charge in [-0.1, -0.05) is 12.8 Å². The molecule has 3 nitrogen and oxygen atoms in total. The predicted molar refractivity (Wildman–Crippen MR) is 80.0 cm³/mol. The van der Waals surface area contributed by atoms with Crippen molar-refractivity contribution in [2.45, 2.75) is 44.6 Å². The summed E-state index contributed by atoms with van der Waals surface area (Å²) in [4.78, 5) is 4.77. The average molecular weight is 276 g/mol. The summed E-state index contributed by atoms with van der Waals surface area (Å²) in [7, 11) is 0. The van der Waals surface area contributed by atoms with Gasteiger partial charge in [-0.05, 0) is 38.0 Å². The molecule has 0 spiro atoms.